The minimum absolute atomic E-state index is 0.115. The summed E-state index contributed by atoms with van der Waals surface area (Å²) in [6.07, 6.45) is 1.64. The van der Waals surface area contributed by atoms with E-state index in [-0.39, 0.29) is 24.1 Å². The molecule has 1 saturated heterocycles. The van der Waals surface area contributed by atoms with E-state index < -0.39 is 11.6 Å². The van der Waals surface area contributed by atoms with Gasteiger partial charge in [0.15, 0.2) is 0 Å². The molecule has 104 valence electrons. The van der Waals surface area contributed by atoms with Gasteiger partial charge in [0.25, 0.3) is 0 Å². The Balaban J connectivity index is 1.75. The SMILES string of the molecule is OC1CCC2CN(Cc3c(F)ccc(Br)c3F)CC12. The van der Waals surface area contributed by atoms with E-state index in [1.807, 2.05) is 4.90 Å². The molecule has 1 aromatic rings. The number of hydrogen-bond donors (Lipinski definition) is 1. The summed E-state index contributed by atoms with van der Waals surface area (Å²) in [5, 5.41) is 9.85. The maximum atomic E-state index is 13.9. The van der Waals surface area contributed by atoms with Gasteiger partial charge in [0.1, 0.15) is 11.6 Å². The minimum Gasteiger partial charge on any atom is -0.393 e. The number of fused-ring (bicyclic) bond motifs is 1. The molecular formula is C14H16BrF2NO. The van der Waals surface area contributed by atoms with Gasteiger partial charge in [-0.25, -0.2) is 8.78 Å². The second-order valence-electron chi connectivity index (χ2n) is 5.58. The van der Waals surface area contributed by atoms with E-state index >= 15 is 0 Å². The van der Waals surface area contributed by atoms with Crippen LogP contribution in [0.4, 0.5) is 8.78 Å². The molecule has 3 atom stereocenters. The number of aliphatic hydroxyl groups is 1. The number of hydrogen-bond acceptors (Lipinski definition) is 2. The van der Waals surface area contributed by atoms with Crippen LogP contribution in [-0.4, -0.2) is 29.2 Å². The fraction of sp³-hybridized carbons (Fsp3) is 0.571. The van der Waals surface area contributed by atoms with Crippen LogP contribution in [0.1, 0.15) is 18.4 Å². The second-order valence-corrected chi connectivity index (χ2v) is 6.44. The lowest BCUT2D eigenvalue weighted by Gasteiger charge is -2.19. The summed E-state index contributed by atoms with van der Waals surface area (Å²) in [5.41, 5.74) is 0.115. The van der Waals surface area contributed by atoms with E-state index in [0.29, 0.717) is 10.4 Å². The second kappa shape index (κ2) is 5.11. The summed E-state index contributed by atoms with van der Waals surface area (Å²) in [4.78, 5) is 2.05. The molecule has 0 spiro atoms. The van der Waals surface area contributed by atoms with Gasteiger partial charge in [-0.05, 0) is 46.8 Å². The molecule has 3 rings (SSSR count). The van der Waals surface area contributed by atoms with Gasteiger partial charge in [-0.3, -0.25) is 4.90 Å². The van der Waals surface area contributed by atoms with Crippen molar-refractivity contribution in [2.24, 2.45) is 11.8 Å². The number of likely N-dealkylation sites (tertiary alicyclic amines) is 1. The fourth-order valence-corrected chi connectivity index (χ4v) is 3.77. The van der Waals surface area contributed by atoms with Crippen molar-refractivity contribution in [1.82, 2.24) is 4.90 Å². The van der Waals surface area contributed by atoms with Crippen LogP contribution in [0, 0.1) is 23.5 Å². The van der Waals surface area contributed by atoms with E-state index in [2.05, 4.69) is 15.9 Å². The zero-order valence-corrected chi connectivity index (χ0v) is 12.0. The molecule has 3 unspecified atom stereocenters. The standard InChI is InChI=1S/C14H16BrF2NO/c15-11-2-3-12(16)10(14(11)17)7-18-5-8-1-4-13(19)9(8)6-18/h2-3,8-9,13,19H,1,4-7H2. The van der Waals surface area contributed by atoms with E-state index in [4.69, 9.17) is 0 Å². The molecule has 0 bridgehead atoms. The molecule has 1 aliphatic carbocycles. The average molecular weight is 332 g/mol. The first-order valence-electron chi connectivity index (χ1n) is 6.59. The molecular weight excluding hydrogens is 316 g/mol. The van der Waals surface area contributed by atoms with Gasteiger partial charge < -0.3 is 5.11 Å². The highest BCUT2D eigenvalue weighted by Crippen LogP contribution is 2.39. The number of nitrogens with zero attached hydrogens (tertiary/aromatic N) is 1. The van der Waals surface area contributed by atoms with Gasteiger partial charge in [-0.2, -0.15) is 0 Å². The molecule has 2 nitrogen and oxygen atoms in total. The predicted molar refractivity (Wildman–Crippen MR) is 71.6 cm³/mol. The first-order valence-corrected chi connectivity index (χ1v) is 7.38. The average Bonchev–Trinajstić information content (AvgIpc) is 2.92. The van der Waals surface area contributed by atoms with Crippen LogP contribution in [-0.2, 0) is 6.54 Å². The lowest BCUT2D eigenvalue weighted by Crippen LogP contribution is -2.25. The molecule has 0 amide bonds. The summed E-state index contributed by atoms with van der Waals surface area (Å²) >= 11 is 3.09. The number of aliphatic hydroxyl groups excluding tert-OH is 1. The summed E-state index contributed by atoms with van der Waals surface area (Å²) in [6.45, 7) is 1.83. The molecule has 1 N–H and O–H groups in total. The van der Waals surface area contributed by atoms with Crippen molar-refractivity contribution in [2.75, 3.05) is 13.1 Å². The van der Waals surface area contributed by atoms with E-state index in [0.717, 1.165) is 25.9 Å². The Hall–Kier alpha value is -0.520. The maximum absolute atomic E-state index is 13.9. The Morgan fingerprint density at radius 1 is 1.26 bits per heavy atom. The predicted octanol–water partition coefficient (Wildman–Crippen LogP) is 2.93. The monoisotopic (exact) mass is 331 g/mol. The van der Waals surface area contributed by atoms with Gasteiger partial charge >= 0.3 is 0 Å². The lowest BCUT2D eigenvalue weighted by atomic mass is 10.00. The molecule has 1 aliphatic heterocycles. The minimum atomic E-state index is -0.516. The largest absolute Gasteiger partial charge is 0.393 e. The van der Waals surface area contributed by atoms with Gasteiger partial charge in [-0.1, -0.05) is 0 Å². The molecule has 1 heterocycles. The van der Waals surface area contributed by atoms with Gasteiger partial charge in [0, 0.05) is 31.1 Å². The van der Waals surface area contributed by atoms with E-state index in [1.54, 1.807) is 0 Å². The molecule has 1 saturated carbocycles. The van der Waals surface area contributed by atoms with Crippen LogP contribution in [0.2, 0.25) is 0 Å². The molecule has 19 heavy (non-hydrogen) atoms. The van der Waals surface area contributed by atoms with Gasteiger partial charge in [0.2, 0.25) is 0 Å². The summed E-state index contributed by atoms with van der Waals surface area (Å²) < 4.78 is 27.9. The van der Waals surface area contributed by atoms with Gasteiger partial charge in [-0.15, -0.1) is 0 Å². The normalized spacial score (nSPS) is 30.8. The highest BCUT2D eigenvalue weighted by molar-refractivity contribution is 9.10. The Bertz CT molecular complexity index is 497. The summed E-state index contributed by atoms with van der Waals surface area (Å²) in [5.74, 6) is -0.262. The molecule has 2 fully saturated rings. The zero-order chi connectivity index (χ0) is 13.6. The number of benzene rings is 1. The number of rotatable bonds is 2. The highest BCUT2D eigenvalue weighted by atomic mass is 79.9. The van der Waals surface area contributed by atoms with Crippen LogP contribution < -0.4 is 0 Å². The van der Waals surface area contributed by atoms with Crippen LogP contribution in [0.15, 0.2) is 16.6 Å². The summed E-state index contributed by atoms with van der Waals surface area (Å²) in [7, 11) is 0. The molecule has 2 aliphatic rings. The van der Waals surface area contributed by atoms with Crippen molar-refractivity contribution in [3.63, 3.8) is 0 Å². The van der Waals surface area contributed by atoms with Gasteiger partial charge in [0.05, 0.1) is 10.6 Å². The Morgan fingerprint density at radius 3 is 2.79 bits per heavy atom. The highest BCUT2D eigenvalue weighted by Gasteiger charge is 2.41. The molecule has 0 aromatic heterocycles. The first-order chi connectivity index (χ1) is 9.06. The first kappa shape index (κ1) is 13.5. The van der Waals surface area contributed by atoms with Crippen molar-refractivity contribution in [1.29, 1.82) is 0 Å². The van der Waals surface area contributed by atoms with Crippen LogP contribution >= 0.6 is 15.9 Å². The van der Waals surface area contributed by atoms with Crippen LogP contribution in [0.5, 0.6) is 0 Å². The third kappa shape index (κ3) is 2.43. The summed E-state index contributed by atoms with van der Waals surface area (Å²) in [6, 6.07) is 2.67. The van der Waals surface area contributed by atoms with Crippen molar-refractivity contribution < 1.29 is 13.9 Å². The van der Waals surface area contributed by atoms with Crippen molar-refractivity contribution in [3.8, 4) is 0 Å². The van der Waals surface area contributed by atoms with Crippen molar-refractivity contribution >= 4 is 15.9 Å². The van der Waals surface area contributed by atoms with Crippen LogP contribution in [0.25, 0.3) is 0 Å². The van der Waals surface area contributed by atoms with Crippen molar-refractivity contribution in [3.05, 3.63) is 33.8 Å². The topological polar surface area (TPSA) is 23.5 Å². The Kier molecular flexibility index (Phi) is 3.62. The fourth-order valence-electron chi connectivity index (χ4n) is 3.40. The smallest absolute Gasteiger partial charge is 0.144 e. The Morgan fingerprint density at radius 2 is 2.05 bits per heavy atom. The molecule has 5 heteroatoms. The van der Waals surface area contributed by atoms with E-state index in [1.165, 1.54) is 12.1 Å². The van der Waals surface area contributed by atoms with E-state index in [9.17, 15) is 13.9 Å². The van der Waals surface area contributed by atoms with Crippen LogP contribution in [0.3, 0.4) is 0 Å². The third-order valence-electron chi connectivity index (χ3n) is 4.42. The quantitative estimate of drug-likeness (QED) is 0.842. The third-order valence-corrected chi connectivity index (χ3v) is 5.03. The molecule has 0 radical (unpaired) electrons. The zero-order valence-electron chi connectivity index (χ0n) is 10.5. The number of halogens is 3. The maximum Gasteiger partial charge on any atom is 0.144 e. The Labute approximate surface area is 119 Å². The molecule has 1 aromatic carbocycles. The van der Waals surface area contributed by atoms with Crippen molar-refractivity contribution in [2.45, 2.75) is 25.5 Å². The lowest BCUT2D eigenvalue weighted by molar-refractivity contribution is 0.123.